The van der Waals surface area contributed by atoms with Gasteiger partial charge in [0.15, 0.2) is 0 Å². The number of rotatable bonds is 5. The minimum atomic E-state index is -0.598. The van der Waals surface area contributed by atoms with Crippen molar-refractivity contribution < 1.29 is 14.1 Å². The summed E-state index contributed by atoms with van der Waals surface area (Å²) in [5, 5.41) is 10.6. The van der Waals surface area contributed by atoms with Crippen molar-refractivity contribution in [3.63, 3.8) is 0 Å². The fourth-order valence-electron chi connectivity index (χ4n) is 1.77. The van der Waals surface area contributed by atoms with Gasteiger partial charge in [0.05, 0.1) is 11.0 Å². The fraction of sp³-hybridized carbons (Fsp3) is 0.154. The van der Waals surface area contributed by atoms with Gasteiger partial charge in [0.2, 0.25) is 5.91 Å². The molecule has 0 aliphatic heterocycles. The van der Waals surface area contributed by atoms with Crippen molar-refractivity contribution in [3.05, 3.63) is 52.3 Å². The minimum Gasteiger partial charge on any atom is -0.459 e. The van der Waals surface area contributed by atoms with Crippen LogP contribution in [0.3, 0.4) is 0 Å². The van der Waals surface area contributed by atoms with Gasteiger partial charge in [0, 0.05) is 24.1 Å². The maximum Gasteiger partial charge on any atom is 0.269 e. The number of amides is 1. The number of nitro benzene ring substituents is 1. The normalized spacial score (nSPS) is 12.1. The Morgan fingerprint density at radius 2 is 1.90 bits per heavy atom. The Bertz CT molecular complexity index is 633. The molecule has 20 heavy (non-hydrogen) atoms. The summed E-state index contributed by atoms with van der Waals surface area (Å²) in [4.78, 5) is 20.9. The Labute approximate surface area is 114 Å². The number of furan rings is 1. The summed E-state index contributed by atoms with van der Waals surface area (Å²) in [5.74, 6) is 0.456. The van der Waals surface area contributed by atoms with E-state index in [4.69, 9.17) is 15.9 Å². The van der Waals surface area contributed by atoms with Crippen molar-refractivity contribution in [1.82, 2.24) is 0 Å². The van der Waals surface area contributed by atoms with Crippen LogP contribution in [-0.4, -0.2) is 10.8 Å². The molecule has 0 aliphatic carbocycles. The molecule has 0 saturated carbocycles. The molecule has 0 bridgehead atoms. The van der Waals surface area contributed by atoms with E-state index in [-0.39, 0.29) is 12.1 Å². The van der Waals surface area contributed by atoms with Crippen LogP contribution in [0.1, 0.15) is 18.2 Å². The third-order valence-corrected chi connectivity index (χ3v) is 2.78. The molecule has 1 aromatic heterocycles. The van der Waals surface area contributed by atoms with Crippen LogP contribution in [0.15, 0.2) is 40.8 Å². The molecule has 0 fully saturated rings. The zero-order chi connectivity index (χ0) is 14.7. The zero-order valence-electron chi connectivity index (χ0n) is 10.5. The highest BCUT2D eigenvalue weighted by atomic mass is 16.6. The number of non-ortho nitro benzene ring substituents is 1. The van der Waals surface area contributed by atoms with Gasteiger partial charge in [-0.3, -0.25) is 14.9 Å². The summed E-state index contributed by atoms with van der Waals surface area (Å²) in [6.45, 7) is 0. The molecule has 0 unspecified atom stereocenters. The highest BCUT2D eigenvalue weighted by Crippen LogP contribution is 2.27. The van der Waals surface area contributed by atoms with Crippen LogP contribution in [0.2, 0.25) is 0 Å². The lowest BCUT2D eigenvalue weighted by atomic mass is 10.1. The molecule has 2 aromatic rings. The SMILES string of the molecule is NC(=O)C[C@@H](N)c1ccc(-c2ccc([N+](=O)[O-])cc2)o1. The van der Waals surface area contributed by atoms with Gasteiger partial charge >= 0.3 is 0 Å². The predicted octanol–water partition coefficient (Wildman–Crippen LogP) is 1.73. The molecule has 0 aliphatic rings. The quantitative estimate of drug-likeness (QED) is 0.634. The highest BCUT2D eigenvalue weighted by Gasteiger charge is 2.14. The lowest BCUT2D eigenvalue weighted by molar-refractivity contribution is -0.384. The zero-order valence-corrected chi connectivity index (χ0v) is 10.5. The standard InChI is InChI=1S/C13H13N3O4/c14-10(7-13(15)17)12-6-5-11(20-12)8-1-3-9(4-2-8)16(18)19/h1-6,10H,7,14H2,(H2,15,17)/t10-/m1/s1. The Balaban J connectivity index is 2.20. The average Bonchev–Trinajstić information content (AvgIpc) is 2.87. The highest BCUT2D eigenvalue weighted by molar-refractivity contribution is 5.74. The number of hydrogen-bond acceptors (Lipinski definition) is 5. The van der Waals surface area contributed by atoms with Crippen LogP contribution in [0.4, 0.5) is 5.69 Å². The third kappa shape index (κ3) is 3.01. The number of primary amides is 1. The van der Waals surface area contributed by atoms with E-state index >= 15 is 0 Å². The molecule has 1 aromatic carbocycles. The minimum absolute atomic E-state index is 0.00552. The Morgan fingerprint density at radius 1 is 1.25 bits per heavy atom. The first-order valence-corrected chi connectivity index (χ1v) is 5.86. The summed E-state index contributed by atoms with van der Waals surface area (Å²) in [6, 6.07) is 8.70. The van der Waals surface area contributed by atoms with Crippen molar-refractivity contribution in [2.75, 3.05) is 0 Å². The number of benzene rings is 1. The molecule has 1 atom stereocenters. The molecule has 104 valence electrons. The molecule has 7 heteroatoms. The molecule has 4 N–H and O–H groups in total. The maximum absolute atomic E-state index is 10.8. The maximum atomic E-state index is 10.8. The van der Waals surface area contributed by atoms with Gasteiger partial charge in [0.1, 0.15) is 11.5 Å². The summed E-state index contributed by atoms with van der Waals surface area (Å²) in [5.41, 5.74) is 11.5. The summed E-state index contributed by atoms with van der Waals surface area (Å²) in [6.07, 6.45) is -0.00673. The Hall–Kier alpha value is -2.67. The summed E-state index contributed by atoms with van der Waals surface area (Å²) < 4.78 is 5.53. The van der Waals surface area contributed by atoms with Crippen molar-refractivity contribution in [1.29, 1.82) is 0 Å². The Kier molecular flexibility index (Phi) is 3.81. The smallest absolute Gasteiger partial charge is 0.269 e. The van der Waals surface area contributed by atoms with Gasteiger partial charge < -0.3 is 15.9 Å². The second-order valence-electron chi connectivity index (χ2n) is 4.28. The van der Waals surface area contributed by atoms with Crippen LogP contribution >= 0.6 is 0 Å². The predicted molar refractivity (Wildman–Crippen MR) is 71.5 cm³/mol. The molecular formula is C13H13N3O4. The van der Waals surface area contributed by atoms with Crippen molar-refractivity contribution >= 4 is 11.6 Å². The summed E-state index contributed by atoms with van der Waals surface area (Å²) in [7, 11) is 0. The van der Waals surface area contributed by atoms with Crippen LogP contribution in [0.5, 0.6) is 0 Å². The number of nitrogens with zero attached hydrogens (tertiary/aromatic N) is 1. The second-order valence-corrected chi connectivity index (χ2v) is 4.28. The van der Waals surface area contributed by atoms with Crippen LogP contribution < -0.4 is 11.5 Å². The first-order chi connectivity index (χ1) is 9.47. The second kappa shape index (κ2) is 5.54. The van der Waals surface area contributed by atoms with E-state index in [2.05, 4.69) is 0 Å². The number of nitro groups is 1. The molecule has 7 nitrogen and oxygen atoms in total. The lowest BCUT2D eigenvalue weighted by Crippen LogP contribution is -2.20. The van der Waals surface area contributed by atoms with Crippen LogP contribution in [0, 0.1) is 10.1 Å². The van der Waals surface area contributed by atoms with E-state index in [0.29, 0.717) is 17.1 Å². The van der Waals surface area contributed by atoms with Crippen LogP contribution in [0.25, 0.3) is 11.3 Å². The van der Waals surface area contributed by atoms with Gasteiger partial charge in [-0.2, -0.15) is 0 Å². The summed E-state index contributed by atoms with van der Waals surface area (Å²) >= 11 is 0. The third-order valence-electron chi connectivity index (χ3n) is 2.78. The largest absolute Gasteiger partial charge is 0.459 e. The molecule has 2 rings (SSSR count). The van der Waals surface area contributed by atoms with Gasteiger partial charge in [-0.15, -0.1) is 0 Å². The first-order valence-electron chi connectivity index (χ1n) is 5.86. The molecule has 0 radical (unpaired) electrons. The molecular weight excluding hydrogens is 262 g/mol. The van der Waals surface area contributed by atoms with E-state index in [9.17, 15) is 14.9 Å². The average molecular weight is 275 g/mol. The topological polar surface area (TPSA) is 125 Å². The van der Waals surface area contributed by atoms with Gasteiger partial charge in [-0.05, 0) is 24.3 Å². The fourth-order valence-corrected chi connectivity index (χ4v) is 1.77. The van der Waals surface area contributed by atoms with Crippen molar-refractivity contribution in [2.24, 2.45) is 11.5 Å². The number of carbonyl (C=O) groups is 1. The van der Waals surface area contributed by atoms with Gasteiger partial charge in [0.25, 0.3) is 5.69 Å². The molecule has 1 amide bonds. The van der Waals surface area contributed by atoms with Crippen LogP contribution in [-0.2, 0) is 4.79 Å². The molecule has 0 saturated heterocycles. The van der Waals surface area contributed by atoms with E-state index in [1.807, 2.05) is 0 Å². The van der Waals surface area contributed by atoms with Gasteiger partial charge in [-0.1, -0.05) is 0 Å². The lowest BCUT2D eigenvalue weighted by Gasteiger charge is -2.05. The molecule has 0 spiro atoms. The number of nitrogens with two attached hydrogens (primary N) is 2. The number of carbonyl (C=O) groups excluding carboxylic acids is 1. The van der Waals surface area contributed by atoms with E-state index < -0.39 is 16.9 Å². The van der Waals surface area contributed by atoms with E-state index in [1.165, 1.54) is 12.1 Å². The Morgan fingerprint density at radius 3 is 2.45 bits per heavy atom. The van der Waals surface area contributed by atoms with Crippen molar-refractivity contribution in [3.8, 4) is 11.3 Å². The number of hydrogen-bond donors (Lipinski definition) is 2. The first kappa shape index (κ1) is 13.8. The molecule has 1 heterocycles. The van der Waals surface area contributed by atoms with Crippen molar-refractivity contribution in [2.45, 2.75) is 12.5 Å². The van der Waals surface area contributed by atoms with E-state index in [1.54, 1.807) is 24.3 Å². The van der Waals surface area contributed by atoms with E-state index in [0.717, 1.165) is 0 Å². The van der Waals surface area contributed by atoms with Gasteiger partial charge in [-0.25, -0.2) is 0 Å². The monoisotopic (exact) mass is 275 g/mol.